The first-order valence-corrected chi connectivity index (χ1v) is 7.75. The van der Waals surface area contributed by atoms with Crippen LogP contribution in [0.1, 0.15) is 66.4 Å². The van der Waals surface area contributed by atoms with Crippen molar-refractivity contribution in [2.75, 3.05) is 5.73 Å². The minimum absolute atomic E-state index is 0.0276. The van der Waals surface area contributed by atoms with Crippen LogP contribution in [0, 0.1) is 13.8 Å². The van der Waals surface area contributed by atoms with E-state index in [1.165, 1.54) is 32.1 Å². The molecule has 0 spiro atoms. The van der Waals surface area contributed by atoms with E-state index in [9.17, 15) is 4.79 Å². The van der Waals surface area contributed by atoms with Gasteiger partial charge in [-0.05, 0) is 43.9 Å². The average molecular weight is 274 g/mol. The molecule has 20 heavy (non-hydrogen) atoms. The second-order valence-corrected chi connectivity index (χ2v) is 6.04. The van der Waals surface area contributed by atoms with Gasteiger partial charge in [0.25, 0.3) is 5.91 Å². The summed E-state index contributed by atoms with van der Waals surface area (Å²) in [5.74, 6) is 0.0276. The van der Waals surface area contributed by atoms with Crippen LogP contribution in [0.5, 0.6) is 0 Å². The summed E-state index contributed by atoms with van der Waals surface area (Å²) in [7, 11) is 0. The van der Waals surface area contributed by atoms with Crippen molar-refractivity contribution in [3.63, 3.8) is 0 Å². The summed E-state index contributed by atoms with van der Waals surface area (Å²) >= 11 is 0. The first-order valence-electron chi connectivity index (χ1n) is 7.75. The predicted molar refractivity (Wildman–Crippen MR) is 83.9 cm³/mol. The highest BCUT2D eigenvalue weighted by atomic mass is 16.1. The summed E-state index contributed by atoms with van der Waals surface area (Å²) in [6, 6.07) is 4.12. The van der Waals surface area contributed by atoms with Crippen LogP contribution >= 0.6 is 0 Å². The summed E-state index contributed by atoms with van der Waals surface area (Å²) in [5.41, 5.74) is 9.37. The van der Waals surface area contributed by atoms with Crippen LogP contribution in [0.2, 0.25) is 0 Å². The van der Waals surface area contributed by atoms with Crippen LogP contribution in [0.25, 0.3) is 0 Å². The van der Waals surface area contributed by atoms with Crippen molar-refractivity contribution in [2.24, 2.45) is 0 Å². The quantitative estimate of drug-likeness (QED) is 0.807. The number of nitrogens with one attached hydrogen (secondary N) is 1. The second kappa shape index (κ2) is 6.78. The van der Waals surface area contributed by atoms with Crippen LogP contribution in [0.15, 0.2) is 12.1 Å². The largest absolute Gasteiger partial charge is 0.398 e. The Morgan fingerprint density at radius 3 is 2.30 bits per heavy atom. The molecule has 1 aliphatic carbocycles. The summed E-state index contributed by atoms with van der Waals surface area (Å²) in [5, 5.41) is 3.20. The molecule has 0 bridgehead atoms. The average Bonchev–Trinajstić information content (AvgIpc) is 2.36. The molecule has 0 radical (unpaired) electrons. The topological polar surface area (TPSA) is 55.1 Å². The van der Waals surface area contributed by atoms with Gasteiger partial charge >= 0.3 is 0 Å². The van der Waals surface area contributed by atoms with Gasteiger partial charge in [-0.3, -0.25) is 4.79 Å². The Bertz CT molecular complexity index is 474. The lowest BCUT2D eigenvalue weighted by Gasteiger charge is -2.21. The van der Waals surface area contributed by atoms with E-state index < -0.39 is 0 Å². The van der Waals surface area contributed by atoms with E-state index in [0.717, 1.165) is 29.5 Å². The molecule has 0 saturated heterocycles. The molecule has 3 heteroatoms. The fourth-order valence-electron chi connectivity index (χ4n) is 2.98. The lowest BCUT2D eigenvalue weighted by atomic mass is 9.96. The van der Waals surface area contributed by atoms with Gasteiger partial charge in [0.05, 0.1) is 0 Å². The van der Waals surface area contributed by atoms with E-state index in [4.69, 9.17) is 5.73 Å². The Balaban J connectivity index is 2.05. The van der Waals surface area contributed by atoms with Gasteiger partial charge in [0.2, 0.25) is 0 Å². The highest BCUT2D eigenvalue weighted by molar-refractivity contribution is 5.96. The van der Waals surface area contributed by atoms with Gasteiger partial charge in [-0.2, -0.15) is 0 Å². The summed E-state index contributed by atoms with van der Waals surface area (Å²) in [6.07, 6.45) is 8.58. The fraction of sp³-hybridized carbons (Fsp3) is 0.588. The standard InChI is InChI=1S/C17H26N2O/c1-12-10-13(2)16(18)11-15(12)17(20)19-14-8-6-4-3-5-7-9-14/h10-11,14H,3-9,18H2,1-2H3,(H,19,20). The molecular weight excluding hydrogens is 248 g/mol. The molecule has 110 valence electrons. The summed E-state index contributed by atoms with van der Waals surface area (Å²) in [4.78, 5) is 12.4. The van der Waals surface area contributed by atoms with Gasteiger partial charge < -0.3 is 11.1 Å². The van der Waals surface area contributed by atoms with Crippen molar-refractivity contribution in [1.82, 2.24) is 5.32 Å². The molecule has 1 aromatic rings. The summed E-state index contributed by atoms with van der Waals surface area (Å²) in [6.45, 7) is 3.94. The van der Waals surface area contributed by atoms with E-state index in [1.807, 2.05) is 26.0 Å². The zero-order valence-electron chi connectivity index (χ0n) is 12.7. The Labute approximate surface area is 121 Å². The van der Waals surface area contributed by atoms with Crippen LogP contribution in [-0.4, -0.2) is 11.9 Å². The maximum atomic E-state index is 12.4. The molecule has 0 aromatic heterocycles. The van der Waals surface area contributed by atoms with Crippen molar-refractivity contribution in [1.29, 1.82) is 0 Å². The number of nitrogens with two attached hydrogens (primary N) is 1. The Kier molecular flexibility index (Phi) is 5.05. The van der Waals surface area contributed by atoms with Crippen molar-refractivity contribution >= 4 is 11.6 Å². The molecule has 1 aromatic carbocycles. The third kappa shape index (κ3) is 3.75. The Morgan fingerprint density at radius 2 is 1.65 bits per heavy atom. The van der Waals surface area contributed by atoms with Crippen LogP contribution in [0.4, 0.5) is 5.69 Å². The fourth-order valence-corrected chi connectivity index (χ4v) is 2.98. The van der Waals surface area contributed by atoms with Crippen molar-refractivity contribution in [3.8, 4) is 0 Å². The molecule has 0 atom stereocenters. The molecule has 0 unspecified atom stereocenters. The second-order valence-electron chi connectivity index (χ2n) is 6.04. The normalized spacial score (nSPS) is 17.3. The highest BCUT2D eigenvalue weighted by Crippen LogP contribution is 2.20. The number of nitrogen functional groups attached to an aromatic ring is 1. The molecule has 1 fully saturated rings. The molecule has 1 amide bonds. The van der Waals surface area contributed by atoms with Crippen molar-refractivity contribution in [2.45, 2.75) is 64.8 Å². The summed E-state index contributed by atoms with van der Waals surface area (Å²) < 4.78 is 0. The first kappa shape index (κ1) is 14.9. The number of hydrogen-bond acceptors (Lipinski definition) is 2. The lowest BCUT2D eigenvalue weighted by Crippen LogP contribution is -2.35. The van der Waals surface area contributed by atoms with Gasteiger partial charge in [-0.25, -0.2) is 0 Å². The number of amides is 1. The Hall–Kier alpha value is -1.51. The highest BCUT2D eigenvalue weighted by Gasteiger charge is 2.17. The number of benzene rings is 1. The SMILES string of the molecule is Cc1cc(C)c(C(=O)NC2CCCCCCC2)cc1N. The molecule has 2 rings (SSSR count). The minimum Gasteiger partial charge on any atom is -0.398 e. The number of anilines is 1. The molecule has 0 heterocycles. The van der Waals surface area contributed by atoms with E-state index in [0.29, 0.717) is 11.7 Å². The molecule has 0 aliphatic heterocycles. The Morgan fingerprint density at radius 1 is 1.05 bits per heavy atom. The van der Waals surface area contributed by atoms with Gasteiger partial charge in [0.15, 0.2) is 0 Å². The number of carbonyl (C=O) groups excluding carboxylic acids is 1. The van der Waals surface area contributed by atoms with Crippen LogP contribution in [-0.2, 0) is 0 Å². The maximum absolute atomic E-state index is 12.4. The number of carbonyl (C=O) groups is 1. The predicted octanol–water partition coefficient (Wildman–Crippen LogP) is 3.73. The van der Waals surface area contributed by atoms with E-state index in [1.54, 1.807) is 0 Å². The zero-order valence-corrected chi connectivity index (χ0v) is 12.7. The number of rotatable bonds is 2. The molecule has 1 saturated carbocycles. The molecule has 3 nitrogen and oxygen atoms in total. The van der Waals surface area contributed by atoms with Crippen molar-refractivity contribution in [3.05, 3.63) is 28.8 Å². The lowest BCUT2D eigenvalue weighted by molar-refractivity contribution is 0.0930. The maximum Gasteiger partial charge on any atom is 0.251 e. The van der Waals surface area contributed by atoms with Crippen molar-refractivity contribution < 1.29 is 4.79 Å². The van der Waals surface area contributed by atoms with Gasteiger partial charge in [0, 0.05) is 17.3 Å². The molecule has 1 aliphatic rings. The van der Waals surface area contributed by atoms with Gasteiger partial charge in [-0.1, -0.05) is 38.2 Å². The number of hydrogen-bond donors (Lipinski definition) is 2. The van der Waals surface area contributed by atoms with Gasteiger partial charge in [0.1, 0.15) is 0 Å². The van der Waals surface area contributed by atoms with Crippen LogP contribution in [0.3, 0.4) is 0 Å². The molecular formula is C17H26N2O. The minimum atomic E-state index is 0.0276. The van der Waals surface area contributed by atoms with E-state index in [2.05, 4.69) is 5.32 Å². The van der Waals surface area contributed by atoms with E-state index >= 15 is 0 Å². The van der Waals surface area contributed by atoms with Crippen LogP contribution < -0.4 is 11.1 Å². The third-order valence-corrected chi connectivity index (χ3v) is 4.30. The zero-order chi connectivity index (χ0) is 14.5. The van der Waals surface area contributed by atoms with E-state index in [-0.39, 0.29) is 5.91 Å². The number of aryl methyl sites for hydroxylation is 2. The molecule has 3 N–H and O–H groups in total. The third-order valence-electron chi connectivity index (χ3n) is 4.30. The smallest absolute Gasteiger partial charge is 0.251 e. The van der Waals surface area contributed by atoms with Gasteiger partial charge in [-0.15, -0.1) is 0 Å². The first-order chi connectivity index (χ1) is 9.58. The monoisotopic (exact) mass is 274 g/mol.